The fourth-order valence-corrected chi connectivity index (χ4v) is 2.77. The molecule has 2 aromatic carbocycles. The van der Waals surface area contributed by atoms with Crippen LogP contribution in [0.5, 0.6) is 11.5 Å². The number of hydrogen-bond donors (Lipinski definition) is 2. The molecule has 136 valence electrons. The van der Waals surface area contributed by atoms with E-state index in [1.54, 1.807) is 24.4 Å². The molecule has 0 saturated carbocycles. The smallest absolute Gasteiger partial charge is 0.275 e. The van der Waals surface area contributed by atoms with Gasteiger partial charge in [-0.05, 0) is 30.2 Å². The largest absolute Gasteiger partial charge is 0.454 e. The molecule has 7 heteroatoms. The topological polar surface area (TPSA) is 85.4 Å². The Morgan fingerprint density at radius 3 is 2.74 bits per heavy atom. The van der Waals surface area contributed by atoms with Gasteiger partial charge in [-0.1, -0.05) is 25.1 Å². The van der Waals surface area contributed by atoms with Crippen LogP contribution in [0, 0.1) is 0 Å². The first-order valence-corrected chi connectivity index (χ1v) is 8.61. The van der Waals surface area contributed by atoms with Crippen LogP contribution in [0.15, 0.2) is 54.9 Å². The number of hydrogen-bond acceptors (Lipinski definition) is 6. The lowest BCUT2D eigenvalue weighted by atomic mass is 10.1. The van der Waals surface area contributed by atoms with Crippen LogP contribution in [0.4, 0.5) is 17.2 Å². The molecule has 3 aromatic rings. The van der Waals surface area contributed by atoms with Crippen molar-refractivity contribution in [2.75, 3.05) is 17.4 Å². The number of anilines is 3. The molecule has 0 atom stereocenters. The van der Waals surface area contributed by atoms with Crippen LogP contribution in [0.1, 0.15) is 23.0 Å². The van der Waals surface area contributed by atoms with Gasteiger partial charge >= 0.3 is 0 Å². The number of carbonyl (C=O) groups is 1. The molecule has 1 aromatic heterocycles. The van der Waals surface area contributed by atoms with E-state index >= 15 is 0 Å². The Morgan fingerprint density at radius 2 is 1.93 bits per heavy atom. The van der Waals surface area contributed by atoms with E-state index in [9.17, 15) is 4.79 Å². The molecule has 0 fully saturated rings. The number of amides is 1. The van der Waals surface area contributed by atoms with Crippen molar-refractivity contribution < 1.29 is 14.3 Å². The van der Waals surface area contributed by atoms with Crippen LogP contribution in [0.3, 0.4) is 0 Å². The second-order valence-corrected chi connectivity index (χ2v) is 5.94. The average molecular weight is 362 g/mol. The minimum absolute atomic E-state index is 0.188. The van der Waals surface area contributed by atoms with Gasteiger partial charge in [-0.25, -0.2) is 9.97 Å². The summed E-state index contributed by atoms with van der Waals surface area (Å²) in [6, 6.07) is 13.2. The van der Waals surface area contributed by atoms with Crippen molar-refractivity contribution in [1.82, 2.24) is 9.97 Å². The Morgan fingerprint density at radius 1 is 1.07 bits per heavy atom. The first-order chi connectivity index (χ1) is 13.2. The number of nitrogens with one attached hydrogen (secondary N) is 2. The van der Waals surface area contributed by atoms with E-state index in [-0.39, 0.29) is 18.4 Å². The zero-order valence-electron chi connectivity index (χ0n) is 14.7. The van der Waals surface area contributed by atoms with Crippen molar-refractivity contribution in [2.24, 2.45) is 0 Å². The summed E-state index contributed by atoms with van der Waals surface area (Å²) < 4.78 is 10.6. The highest BCUT2D eigenvalue weighted by atomic mass is 16.7. The third kappa shape index (κ3) is 3.67. The fourth-order valence-electron chi connectivity index (χ4n) is 2.77. The van der Waals surface area contributed by atoms with Gasteiger partial charge in [-0.15, -0.1) is 0 Å². The summed E-state index contributed by atoms with van der Waals surface area (Å²) in [7, 11) is 0. The molecule has 0 bridgehead atoms. The lowest BCUT2D eigenvalue weighted by Crippen LogP contribution is -2.14. The minimum Gasteiger partial charge on any atom is -0.454 e. The maximum Gasteiger partial charge on any atom is 0.275 e. The Labute approximate surface area is 156 Å². The molecule has 0 saturated heterocycles. The number of benzene rings is 2. The van der Waals surface area contributed by atoms with Crippen molar-refractivity contribution in [2.45, 2.75) is 13.3 Å². The Balaban J connectivity index is 1.44. The maximum atomic E-state index is 12.4. The van der Waals surface area contributed by atoms with E-state index in [0.717, 1.165) is 12.1 Å². The second kappa shape index (κ2) is 7.33. The van der Waals surface area contributed by atoms with E-state index < -0.39 is 0 Å². The number of carbonyl (C=O) groups excluding carboxylic acids is 1. The summed E-state index contributed by atoms with van der Waals surface area (Å²) in [6.07, 6.45) is 3.90. The normalized spacial score (nSPS) is 11.9. The molecule has 1 amide bonds. The molecule has 2 N–H and O–H groups in total. The summed E-state index contributed by atoms with van der Waals surface area (Å²) in [5.41, 5.74) is 2.99. The third-order valence-corrected chi connectivity index (χ3v) is 4.18. The van der Waals surface area contributed by atoms with Gasteiger partial charge in [-0.3, -0.25) is 4.79 Å². The average Bonchev–Trinajstić information content (AvgIpc) is 3.17. The highest BCUT2D eigenvalue weighted by Crippen LogP contribution is 2.34. The number of fused-ring (bicyclic) bond motifs is 1. The predicted octanol–water partition coefficient (Wildman–Crippen LogP) is 3.76. The third-order valence-electron chi connectivity index (χ3n) is 4.18. The van der Waals surface area contributed by atoms with Gasteiger partial charge in [-0.2, -0.15) is 0 Å². The van der Waals surface area contributed by atoms with Crippen molar-refractivity contribution >= 4 is 23.1 Å². The van der Waals surface area contributed by atoms with Crippen LogP contribution < -0.4 is 20.1 Å². The molecule has 2 heterocycles. The van der Waals surface area contributed by atoms with Gasteiger partial charge in [0, 0.05) is 17.4 Å². The summed E-state index contributed by atoms with van der Waals surface area (Å²) in [5, 5.41) is 6.01. The zero-order valence-corrected chi connectivity index (χ0v) is 14.7. The van der Waals surface area contributed by atoms with Gasteiger partial charge in [0.2, 0.25) is 6.79 Å². The summed E-state index contributed by atoms with van der Waals surface area (Å²) in [5.74, 6) is 1.50. The number of aromatic nitrogens is 2. The van der Waals surface area contributed by atoms with Crippen molar-refractivity contribution in [3.05, 3.63) is 66.1 Å². The molecule has 0 radical (unpaired) electrons. The van der Waals surface area contributed by atoms with E-state index in [1.165, 1.54) is 11.8 Å². The first-order valence-electron chi connectivity index (χ1n) is 8.61. The van der Waals surface area contributed by atoms with E-state index in [0.29, 0.717) is 23.0 Å². The summed E-state index contributed by atoms with van der Waals surface area (Å²) in [4.78, 5) is 20.9. The Kier molecular flexibility index (Phi) is 4.57. The molecule has 4 rings (SSSR count). The summed E-state index contributed by atoms with van der Waals surface area (Å²) in [6.45, 7) is 2.28. The van der Waals surface area contributed by atoms with Crippen LogP contribution in [0.2, 0.25) is 0 Å². The minimum atomic E-state index is -0.345. The highest BCUT2D eigenvalue weighted by molar-refractivity contribution is 6.02. The van der Waals surface area contributed by atoms with Gasteiger partial charge in [0.25, 0.3) is 5.91 Å². The van der Waals surface area contributed by atoms with Crippen LogP contribution in [-0.2, 0) is 6.42 Å². The first kappa shape index (κ1) is 16.8. The molecular weight excluding hydrogens is 344 g/mol. The van der Waals surface area contributed by atoms with E-state index in [1.807, 2.05) is 18.2 Å². The molecule has 0 spiro atoms. The molecule has 1 aliphatic heterocycles. The second-order valence-electron chi connectivity index (χ2n) is 5.94. The van der Waals surface area contributed by atoms with Crippen molar-refractivity contribution in [3.8, 4) is 11.5 Å². The van der Waals surface area contributed by atoms with Crippen molar-refractivity contribution in [3.63, 3.8) is 0 Å². The van der Waals surface area contributed by atoms with Gasteiger partial charge in [0.15, 0.2) is 11.5 Å². The van der Waals surface area contributed by atoms with Crippen molar-refractivity contribution in [1.29, 1.82) is 0 Å². The van der Waals surface area contributed by atoms with E-state index in [4.69, 9.17) is 9.47 Å². The SMILES string of the molecule is CCc1ccccc1Nc1cnc(C(=O)Nc2ccc3c(c2)OCO3)cn1. The quantitative estimate of drug-likeness (QED) is 0.719. The number of para-hydroxylation sites is 1. The van der Waals surface area contributed by atoms with E-state index in [2.05, 4.69) is 33.6 Å². The van der Waals surface area contributed by atoms with Crippen LogP contribution in [0.25, 0.3) is 0 Å². The number of nitrogens with zero attached hydrogens (tertiary/aromatic N) is 2. The number of rotatable bonds is 5. The Hall–Kier alpha value is -3.61. The van der Waals surface area contributed by atoms with Crippen LogP contribution >= 0.6 is 0 Å². The predicted molar refractivity (Wildman–Crippen MR) is 102 cm³/mol. The maximum absolute atomic E-state index is 12.4. The molecule has 0 unspecified atom stereocenters. The monoisotopic (exact) mass is 362 g/mol. The number of ether oxygens (including phenoxy) is 2. The highest BCUT2D eigenvalue weighted by Gasteiger charge is 2.15. The Bertz CT molecular complexity index is 973. The lowest BCUT2D eigenvalue weighted by molar-refractivity contribution is 0.102. The van der Waals surface area contributed by atoms with Gasteiger partial charge in [0.1, 0.15) is 11.5 Å². The zero-order chi connectivity index (χ0) is 18.6. The standard InChI is InChI=1S/C20H18N4O3/c1-2-13-5-3-4-6-15(13)24-19-11-21-16(10-22-19)20(25)23-14-7-8-17-18(9-14)27-12-26-17/h3-11H,2,12H2,1H3,(H,22,24)(H,23,25). The van der Waals surface area contributed by atoms with Crippen LogP contribution in [-0.4, -0.2) is 22.7 Å². The lowest BCUT2D eigenvalue weighted by Gasteiger charge is -2.10. The molecule has 7 nitrogen and oxygen atoms in total. The van der Waals surface area contributed by atoms with Gasteiger partial charge < -0.3 is 20.1 Å². The number of aryl methyl sites for hydroxylation is 1. The van der Waals surface area contributed by atoms with Gasteiger partial charge in [0.05, 0.1) is 12.4 Å². The molecule has 0 aliphatic carbocycles. The molecule has 1 aliphatic rings. The molecule has 27 heavy (non-hydrogen) atoms. The fraction of sp³-hybridized carbons (Fsp3) is 0.150. The molecular formula is C20H18N4O3. The summed E-state index contributed by atoms with van der Waals surface area (Å²) >= 11 is 0.